The van der Waals surface area contributed by atoms with E-state index in [4.69, 9.17) is 4.74 Å². The molecule has 1 fully saturated rings. The highest BCUT2D eigenvalue weighted by Gasteiger charge is 2.19. The van der Waals surface area contributed by atoms with Gasteiger partial charge in [-0.15, -0.1) is 0 Å². The minimum Gasteiger partial charge on any atom is -0.435 e. The molecule has 1 heterocycles. The Morgan fingerprint density at radius 2 is 2.06 bits per heavy atom. The Hall–Kier alpha value is -1.69. The first-order chi connectivity index (χ1) is 8.15. The molecule has 0 aliphatic carbocycles. The molecule has 1 amide bonds. The lowest BCUT2D eigenvalue weighted by Crippen LogP contribution is -2.38. The summed E-state index contributed by atoms with van der Waals surface area (Å²) in [5.41, 5.74) is 0.812. The lowest BCUT2D eigenvalue weighted by Gasteiger charge is -2.23. The Bertz CT molecular complexity index is 384. The first kappa shape index (κ1) is 11.8. The summed E-state index contributed by atoms with van der Waals surface area (Å²) in [4.78, 5) is 10.9. The summed E-state index contributed by atoms with van der Waals surface area (Å²) >= 11 is 0. The topological polar surface area (TPSA) is 47.6 Å². The number of halogens is 2. The minimum absolute atomic E-state index is 0.0138. The zero-order valence-corrected chi connectivity index (χ0v) is 8.86. The van der Waals surface area contributed by atoms with Crippen LogP contribution in [-0.2, 0) is 9.53 Å². The first-order valence-corrected chi connectivity index (χ1v) is 5.08. The van der Waals surface area contributed by atoms with Gasteiger partial charge < -0.3 is 14.8 Å². The number of hydrogen-bond donors (Lipinski definition) is 1. The maximum atomic E-state index is 11.9. The van der Waals surface area contributed by atoms with E-state index in [1.54, 1.807) is 12.1 Å². The van der Waals surface area contributed by atoms with Gasteiger partial charge in [-0.1, -0.05) is 12.1 Å². The molecular formula is C11H11F2NO3. The average Bonchev–Trinajstić information content (AvgIpc) is 2.30. The van der Waals surface area contributed by atoms with Gasteiger partial charge in [-0.25, -0.2) is 0 Å². The molecule has 1 aromatic carbocycles. The number of alkyl halides is 2. The molecule has 1 aliphatic heterocycles. The minimum atomic E-state index is -2.83. The number of morpholine rings is 1. The SMILES string of the molecule is O=C1COC(c2ccc(OC(F)F)cc2)CN1. The molecule has 1 saturated heterocycles. The van der Waals surface area contributed by atoms with Crippen LogP contribution in [0.25, 0.3) is 0 Å². The van der Waals surface area contributed by atoms with Crippen LogP contribution >= 0.6 is 0 Å². The van der Waals surface area contributed by atoms with Crippen molar-refractivity contribution in [2.24, 2.45) is 0 Å². The van der Waals surface area contributed by atoms with E-state index < -0.39 is 6.61 Å². The number of hydrogen-bond acceptors (Lipinski definition) is 3. The summed E-state index contributed by atoms with van der Waals surface area (Å²) in [6.07, 6.45) is -0.242. The molecule has 1 N–H and O–H groups in total. The quantitative estimate of drug-likeness (QED) is 0.874. The van der Waals surface area contributed by atoms with E-state index in [-0.39, 0.29) is 24.4 Å². The summed E-state index contributed by atoms with van der Waals surface area (Å²) in [5, 5.41) is 2.66. The van der Waals surface area contributed by atoms with Crippen molar-refractivity contribution in [1.29, 1.82) is 0 Å². The largest absolute Gasteiger partial charge is 0.435 e. The van der Waals surface area contributed by atoms with Gasteiger partial charge in [-0.05, 0) is 17.7 Å². The average molecular weight is 243 g/mol. The second-order valence-corrected chi connectivity index (χ2v) is 3.55. The summed E-state index contributed by atoms with van der Waals surface area (Å²) < 4.78 is 33.4. The van der Waals surface area contributed by atoms with Gasteiger partial charge >= 0.3 is 6.61 Å². The molecule has 0 spiro atoms. The number of carbonyl (C=O) groups excluding carboxylic acids is 1. The molecule has 0 bridgehead atoms. The third-order valence-electron chi connectivity index (χ3n) is 2.38. The molecule has 1 aromatic rings. The van der Waals surface area contributed by atoms with Crippen LogP contribution in [0.15, 0.2) is 24.3 Å². The van der Waals surface area contributed by atoms with Crippen LogP contribution in [0.2, 0.25) is 0 Å². The normalized spacial score (nSPS) is 20.2. The van der Waals surface area contributed by atoms with Crippen LogP contribution in [0.5, 0.6) is 5.75 Å². The second-order valence-electron chi connectivity index (χ2n) is 3.55. The standard InChI is InChI=1S/C11H11F2NO3/c12-11(13)17-8-3-1-7(2-4-8)9-5-14-10(15)6-16-9/h1-4,9,11H,5-6H2,(H,14,15). The Kier molecular flexibility index (Phi) is 3.53. The number of ether oxygens (including phenoxy) is 2. The van der Waals surface area contributed by atoms with Gasteiger partial charge in [0.15, 0.2) is 0 Å². The van der Waals surface area contributed by atoms with E-state index in [1.165, 1.54) is 12.1 Å². The van der Waals surface area contributed by atoms with Crippen LogP contribution in [-0.4, -0.2) is 25.7 Å². The van der Waals surface area contributed by atoms with E-state index >= 15 is 0 Å². The van der Waals surface area contributed by atoms with Gasteiger partial charge in [0.05, 0.1) is 0 Å². The first-order valence-electron chi connectivity index (χ1n) is 5.08. The molecule has 1 unspecified atom stereocenters. The predicted octanol–water partition coefficient (Wildman–Crippen LogP) is 1.48. The van der Waals surface area contributed by atoms with Crippen molar-refractivity contribution in [2.75, 3.05) is 13.2 Å². The third kappa shape index (κ3) is 3.13. The molecule has 6 heteroatoms. The van der Waals surface area contributed by atoms with Crippen molar-refractivity contribution in [1.82, 2.24) is 5.32 Å². The highest BCUT2D eigenvalue weighted by Crippen LogP contribution is 2.22. The number of rotatable bonds is 3. The maximum Gasteiger partial charge on any atom is 0.387 e. The van der Waals surface area contributed by atoms with Crippen molar-refractivity contribution in [3.63, 3.8) is 0 Å². The molecular weight excluding hydrogens is 232 g/mol. The molecule has 2 rings (SSSR count). The van der Waals surface area contributed by atoms with E-state index in [2.05, 4.69) is 10.1 Å². The molecule has 4 nitrogen and oxygen atoms in total. The van der Waals surface area contributed by atoms with Crippen LogP contribution < -0.4 is 10.1 Å². The Labute approximate surface area is 96.5 Å². The van der Waals surface area contributed by atoms with E-state index in [1.807, 2.05) is 0 Å². The Balaban J connectivity index is 2.00. The lowest BCUT2D eigenvalue weighted by molar-refractivity contribution is -0.133. The van der Waals surface area contributed by atoms with Crippen LogP contribution in [0.1, 0.15) is 11.7 Å². The maximum absolute atomic E-state index is 11.9. The fourth-order valence-corrected chi connectivity index (χ4v) is 1.57. The molecule has 17 heavy (non-hydrogen) atoms. The van der Waals surface area contributed by atoms with Crippen molar-refractivity contribution in [3.8, 4) is 5.75 Å². The zero-order chi connectivity index (χ0) is 12.3. The zero-order valence-electron chi connectivity index (χ0n) is 8.86. The number of nitrogens with one attached hydrogen (secondary N) is 1. The van der Waals surface area contributed by atoms with Gasteiger partial charge in [0, 0.05) is 6.54 Å². The second kappa shape index (κ2) is 5.09. The van der Waals surface area contributed by atoms with Crippen molar-refractivity contribution < 1.29 is 23.0 Å². The monoisotopic (exact) mass is 243 g/mol. The molecule has 0 saturated carbocycles. The van der Waals surface area contributed by atoms with Crippen LogP contribution in [0.4, 0.5) is 8.78 Å². The summed E-state index contributed by atoms with van der Waals surface area (Å²) in [7, 11) is 0. The van der Waals surface area contributed by atoms with Crippen LogP contribution in [0, 0.1) is 0 Å². The van der Waals surface area contributed by atoms with Gasteiger partial charge in [-0.2, -0.15) is 8.78 Å². The van der Waals surface area contributed by atoms with Crippen molar-refractivity contribution in [2.45, 2.75) is 12.7 Å². The fourth-order valence-electron chi connectivity index (χ4n) is 1.57. The Morgan fingerprint density at radius 3 is 2.59 bits per heavy atom. The fraction of sp³-hybridized carbons (Fsp3) is 0.364. The summed E-state index contributed by atoms with van der Waals surface area (Å²) in [5.74, 6) is -0.0532. The number of benzene rings is 1. The lowest BCUT2D eigenvalue weighted by atomic mass is 10.1. The van der Waals surface area contributed by atoms with Gasteiger partial charge in [0.1, 0.15) is 18.5 Å². The number of amides is 1. The molecule has 1 aliphatic rings. The predicted molar refractivity (Wildman–Crippen MR) is 54.8 cm³/mol. The van der Waals surface area contributed by atoms with Crippen LogP contribution in [0.3, 0.4) is 0 Å². The van der Waals surface area contributed by atoms with E-state index in [0.29, 0.717) is 6.54 Å². The van der Waals surface area contributed by atoms with Crippen molar-refractivity contribution in [3.05, 3.63) is 29.8 Å². The Morgan fingerprint density at radius 1 is 1.35 bits per heavy atom. The highest BCUT2D eigenvalue weighted by molar-refractivity contribution is 5.77. The van der Waals surface area contributed by atoms with E-state index in [0.717, 1.165) is 5.56 Å². The van der Waals surface area contributed by atoms with Gasteiger partial charge in [0.25, 0.3) is 0 Å². The van der Waals surface area contributed by atoms with Gasteiger partial charge in [0.2, 0.25) is 5.91 Å². The number of carbonyl (C=O) groups is 1. The van der Waals surface area contributed by atoms with Gasteiger partial charge in [-0.3, -0.25) is 4.79 Å². The van der Waals surface area contributed by atoms with Crippen molar-refractivity contribution >= 4 is 5.91 Å². The smallest absolute Gasteiger partial charge is 0.387 e. The summed E-state index contributed by atoms with van der Waals surface area (Å²) in [6, 6.07) is 6.17. The molecule has 92 valence electrons. The third-order valence-corrected chi connectivity index (χ3v) is 2.38. The van der Waals surface area contributed by atoms with E-state index in [9.17, 15) is 13.6 Å². The highest BCUT2D eigenvalue weighted by atomic mass is 19.3. The summed E-state index contributed by atoms with van der Waals surface area (Å²) in [6.45, 7) is -2.43. The molecule has 0 aromatic heterocycles. The molecule has 1 atom stereocenters. The molecule has 0 radical (unpaired) electrons.